The first kappa shape index (κ1) is 13.9. The summed E-state index contributed by atoms with van der Waals surface area (Å²) < 4.78 is 2.12. The maximum Gasteiger partial charge on any atom is 0.100 e. The van der Waals surface area contributed by atoms with Crippen LogP contribution in [-0.2, 0) is 0 Å². The number of thiophene rings is 1. The van der Waals surface area contributed by atoms with Gasteiger partial charge in [-0.3, -0.25) is 9.56 Å². The molecule has 0 spiro atoms. The maximum atomic E-state index is 4.53. The first-order valence-corrected chi connectivity index (χ1v) is 8.30. The van der Waals surface area contributed by atoms with E-state index in [1.807, 2.05) is 36.8 Å². The SMILES string of the molecule is Cc1ccccc1-n1cnc2cc(N=Cc3cccs3)ccc21. The molecule has 2 heterocycles. The lowest BCUT2D eigenvalue weighted by Gasteiger charge is -2.07. The first-order chi connectivity index (χ1) is 11.3. The van der Waals surface area contributed by atoms with Crippen LogP contribution in [0, 0.1) is 6.92 Å². The summed E-state index contributed by atoms with van der Waals surface area (Å²) in [5.41, 5.74) is 5.35. The third-order valence-electron chi connectivity index (χ3n) is 3.79. The Hall–Kier alpha value is -2.72. The minimum absolute atomic E-state index is 0.918. The molecule has 0 amide bonds. The van der Waals surface area contributed by atoms with Crippen LogP contribution in [0.4, 0.5) is 5.69 Å². The van der Waals surface area contributed by atoms with E-state index in [4.69, 9.17) is 0 Å². The zero-order chi connectivity index (χ0) is 15.6. The number of rotatable bonds is 3. The third-order valence-corrected chi connectivity index (χ3v) is 4.60. The van der Waals surface area contributed by atoms with Crippen molar-refractivity contribution in [2.24, 2.45) is 4.99 Å². The van der Waals surface area contributed by atoms with Crippen LogP contribution in [-0.4, -0.2) is 15.8 Å². The van der Waals surface area contributed by atoms with Gasteiger partial charge in [-0.2, -0.15) is 0 Å². The van der Waals surface area contributed by atoms with E-state index in [1.165, 1.54) is 5.56 Å². The van der Waals surface area contributed by atoms with Crippen molar-refractivity contribution in [2.45, 2.75) is 6.92 Å². The molecule has 3 nitrogen and oxygen atoms in total. The number of aromatic nitrogens is 2. The van der Waals surface area contributed by atoms with Crippen molar-refractivity contribution in [3.63, 3.8) is 0 Å². The molecule has 112 valence electrons. The highest BCUT2D eigenvalue weighted by Crippen LogP contribution is 2.24. The van der Waals surface area contributed by atoms with E-state index in [2.05, 4.69) is 57.2 Å². The Morgan fingerprint density at radius 2 is 2.00 bits per heavy atom. The predicted molar refractivity (Wildman–Crippen MR) is 97.4 cm³/mol. The Morgan fingerprint density at radius 3 is 2.83 bits per heavy atom. The van der Waals surface area contributed by atoms with E-state index in [0.717, 1.165) is 27.3 Å². The van der Waals surface area contributed by atoms with Crippen LogP contribution in [0.15, 0.2) is 71.3 Å². The van der Waals surface area contributed by atoms with Gasteiger partial charge in [-0.15, -0.1) is 11.3 Å². The number of para-hydroxylation sites is 1. The molecule has 0 unspecified atom stereocenters. The molecular weight excluding hydrogens is 302 g/mol. The standard InChI is InChI=1S/C19H15N3S/c1-14-5-2-3-7-18(14)22-13-21-17-11-15(8-9-19(17)22)20-12-16-6-4-10-23-16/h2-13H,1H3. The first-order valence-electron chi connectivity index (χ1n) is 7.42. The average Bonchev–Trinajstić information content (AvgIpc) is 3.22. The number of hydrogen-bond acceptors (Lipinski definition) is 3. The van der Waals surface area contributed by atoms with Crippen molar-refractivity contribution >= 4 is 34.3 Å². The zero-order valence-electron chi connectivity index (χ0n) is 12.7. The van der Waals surface area contributed by atoms with E-state index >= 15 is 0 Å². The molecule has 0 saturated carbocycles. The Bertz CT molecular complexity index is 981. The molecule has 4 rings (SSSR count). The summed E-state index contributed by atoms with van der Waals surface area (Å²) in [7, 11) is 0. The van der Waals surface area contributed by atoms with E-state index in [0.29, 0.717) is 0 Å². The summed E-state index contributed by atoms with van der Waals surface area (Å²) in [6.07, 6.45) is 3.77. The number of aliphatic imine (C=N–C) groups is 1. The average molecular weight is 317 g/mol. The predicted octanol–water partition coefficient (Wildman–Crippen LogP) is 5.15. The van der Waals surface area contributed by atoms with Crippen LogP contribution in [0.25, 0.3) is 16.7 Å². The summed E-state index contributed by atoms with van der Waals surface area (Å²) >= 11 is 1.68. The van der Waals surface area contributed by atoms with E-state index in [1.54, 1.807) is 11.3 Å². The minimum Gasteiger partial charge on any atom is -0.299 e. The maximum absolute atomic E-state index is 4.53. The smallest absolute Gasteiger partial charge is 0.100 e. The van der Waals surface area contributed by atoms with Crippen LogP contribution in [0.5, 0.6) is 0 Å². The number of nitrogens with zero attached hydrogens (tertiary/aromatic N) is 3. The van der Waals surface area contributed by atoms with Gasteiger partial charge in [-0.05, 0) is 48.2 Å². The van der Waals surface area contributed by atoms with Crippen LogP contribution in [0.1, 0.15) is 10.4 Å². The second-order valence-electron chi connectivity index (χ2n) is 5.35. The van der Waals surface area contributed by atoms with Crippen molar-refractivity contribution in [2.75, 3.05) is 0 Å². The minimum atomic E-state index is 0.918. The zero-order valence-corrected chi connectivity index (χ0v) is 13.5. The molecule has 4 heteroatoms. The van der Waals surface area contributed by atoms with Crippen LogP contribution < -0.4 is 0 Å². The number of benzene rings is 2. The molecule has 23 heavy (non-hydrogen) atoms. The summed E-state index contributed by atoms with van der Waals surface area (Å²) in [5.74, 6) is 0. The summed E-state index contributed by atoms with van der Waals surface area (Å²) in [4.78, 5) is 10.2. The topological polar surface area (TPSA) is 30.2 Å². The second-order valence-corrected chi connectivity index (χ2v) is 6.33. The number of imidazole rings is 1. The third kappa shape index (κ3) is 2.69. The van der Waals surface area contributed by atoms with Crippen molar-refractivity contribution in [1.82, 2.24) is 9.55 Å². The highest BCUT2D eigenvalue weighted by molar-refractivity contribution is 7.11. The molecule has 0 N–H and O–H groups in total. The fraction of sp³-hybridized carbons (Fsp3) is 0.0526. The van der Waals surface area contributed by atoms with Crippen LogP contribution in [0.2, 0.25) is 0 Å². The van der Waals surface area contributed by atoms with Gasteiger partial charge in [0.2, 0.25) is 0 Å². The molecule has 0 saturated heterocycles. The highest BCUT2D eigenvalue weighted by atomic mass is 32.1. The molecule has 4 aromatic rings. The molecular formula is C19H15N3S. The molecule has 0 aliphatic rings. The Balaban J connectivity index is 1.73. The Kier molecular flexibility index (Phi) is 3.52. The molecule has 0 radical (unpaired) electrons. The Labute approximate surface area is 138 Å². The van der Waals surface area contributed by atoms with E-state index < -0.39 is 0 Å². The van der Waals surface area contributed by atoms with Gasteiger partial charge >= 0.3 is 0 Å². The van der Waals surface area contributed by atoms with Gasteiger partial charge in [0.25, 0.3) is 0 Å². The summed E-state index contributed by atoms with van der Waals surface area (Å²) in [5, 5.41) is 2.05. The van der Waals surface area contributed by atoms with Crippen molar-refractivity contribution in [1.29, 1.82) is 0 Å². The highest BCUT2D eigenvalue weighted by Gasteiger charge is 2.06. The second kappa shape index (κ2) is 5.82. The van der Waals surface area contributed by atoms with E-state index in [-0.39, 0.29) is 0 Å². The van der Waals surface area contributed by atoms with Crippen molar-refractivity contribution < 1.29 is 0 Å². The van der Waals surface area contributed by atoms with Gasteiger partial charge in [0.1, 0.15) is 6.33 Å². The molecule has 0 aliphatic heterocycles. The largest absolute Gasteiger partial charge is 0.299 e. The monoisotopic (exact) mass is 317 g/mol. The lowest BCUT2D eigenvalue weighted by atomic mass is 10.2. The van der Waals surface area contributed by atoms with Crippen LogP contribution in [0.3, 0.4) is 0 Å². The lowest BCUT2D eigenvalue weighted by Crippen LogP contribution is -1.94. The summed E-state index contributed by atoms with van der Waals surface area (Å²) in [6, 6.07) is 18.5. The number of fused-ring (bicyclic) bond motifs is 1. The van der Waals surface area contributed by atoms with Crippen LogP contribution >= 0.6 is 11.3 Å². The number of aryl methyl sites for hydroxylation is 1. The summed E-state index contributed by atoms with van der Waals surface area (Å²) in [6.45, 7) is 2.11. The van der Waals surface area contributed by atoms with Gasteiger partial charge in [-0.25, -0.2) is 4.98 Å². The number of hydrogen-bond donors (Lipinski definition) is 0. The van der Waals surface area contributed by atoms with Gasteiger partial charge < -0.3 is 0 Å². The molecule has 0 atom stereocenters. The van der Waals surface area contributed by atoms with Gasteiger partial charge in [0.05, 0.1) is 22.4 Å². The fourth-order valence-corrected chi connectivity index (χ4v) is 3.19. The van der Waals surface area contributed by atoms with Gasteiger partial charge in [0, 0.05) is 11.1 Å². The fourth-order valence-electron chi connectivity index (χ4n) is 2.61. The normalized spacial score (nSPS) is 11.5. The van der Waals surface area contributed by atoms with Crippen molar-refractivity contribution in [3.05, 3.63) is 76.7 Å². The molecule has 2 aromatic carbocycles. The Morgan fingerprint density at radius 1 is 1.09 bits per heavy atom. The molecule has 0 aliphatic carbocycles. The van der Waals surface area contributed by atoms with Crippen molar-refractivity contribution in [3.8, 4) is 5.69 Å². The molecule has 2 aromatic heterocycles. The molecule has 0 bridgehead atoms. The lowest BCUT2D eigenvalue weighted by molar-refractivity contribution is 1.07. The quantitative estimate of drug-likeness (QED) is 0.481. The van der Waals surface area contributed by atoms with Gasteiger partial charge in [0.15, 0.2) is 0 Å². The van der Waals surface area contributed by atoms with Gasteiger partial charge in [-0.1, -0.05) is 24.3 Å². The van der Waals surface area contributed by atoms with E-state index in [9.17, 15) is 0 Å². The molecule has 0 fully saturated rings.